The van der Waals surface area contributed by atoms with E-state index in [1.54, 1.807) is 6.92 Å². The summed E-state index contributed by atoms with van der Waals surface area (Å²) < 4.78 is 0. The summed E-state index contributed by atoms with van der Waals surface area (Å²) in [6.07, 6.45) is 1.25. The molecule has 5 nitrogen and oxygen atoms in total. The summed E-state index contributed by atoms with van der Waals surface area (Å²) in [7, 11) is 0. The highest BCUT2D eigenvalue weighted by atomic mass is 16.2. The second-order valence-corrected chi connectivity index (χ2v) is 2.21. The summed E-state index contributed by atoms with van der Waals surface area (Å²) in [6, 6.07) is -1.11. The van der Waals surface area contributed by atoms with Crippen molar-refractivity contribution in [3.05, 3.63) is 11.8 Å². The maximum absolute atomic E-state index is 10.9. The topological polar surface area (TPSA) is 84.9 Å². The van der Waals surface area contributed by atoms with Gasteiger partial charge in [0, 0.05) is 6.08 Å². The standard InChI is InChI=1S/C6H7N3O2/c1-3-2-4(10)5(6(7)11)9-8-3/h2,5H,1H3,(H2,7,11). The Morgan fingerprint density at radius 2 is 2.36 bits per heavy atom. The Kier molecular flexibility index (Phi) is 1.80. The highest BCUT2D eigenvalue weighted by molar-refractivity contribution is 6.10. The minimum atomic E-state index is -1.11. The van der Waals surface area contributed by atoms with Crippen molar-refractivity contribution in [3.8, 4) is 0 Å². The zero-order valence-electron chi connectivity index (χ0n) is 5.94. The zero-order chi connectivity index (χ0) is 8.43. The Labute approximate surface area is 63.0 Å². The SMILES string of the molecule is CC1=CC(=O)C(C(N)=O)N=N1. The Balaban J connectivity index is 2.86. The van der Waals surface area contributed by atoms with E-state index >= 15 is 0 Å². The second kappa shape index (κ2) is 2.61. The fraction of sp³-hybridized carbons (Fsp3) is 0.333. The molecular weight excluding hydrogens is 146 g/mol. The van der Waals surface area contributed by atoms with Crippen LogP contribution in [0.1, 0.15) is 6.92 Å². The Morgan fingerprint density at radius 3 is 2.82 bits per heavy atom. The quantitative estimate of drug-likeness (QED) is 0.528. The number of allylic oxidation sites excluding steroid dienone is 1. The van der Waals surface area contributed by atoms with Crippen molar-refractivity contribution in [2.24, 2.45) is 16.0 Å². The molecule has 5 heteroatoms. The van der Waals surface area contributed by atoms with E-state index in [0.29, 0.717) is 5.70 Å². The number of carbonyl (C=O) groups is 2. The number of hydrogen-bond donors (Lipinski definition) is 1. The van der Waals surface area contributed by atoms with Gasteiger partial charge >= 0.3 is 0 Å². The third-order valence-corrected chi connectivity index (χ3v) is 1.22. The number of azo groups is 1. The summed E-state index contributed by atoms with van der Waals surface area (Å²) in [5, 5.41) is 6.97. The molecule has 1 atom stereocenters. The molecule has 0 spiro atoms. The van der Waals surface area contributed by atoms with Crippen molar-refractivity contribution in [1.29, 1.82) is 0 Å². The number of nitrogens with two attached hydrogens (primary N) is 1. The lowest BCUT2D eigenvalue weighted by Gasteiger charge is -2.06. The van der Waals surface area contributed by atoms with E-state index < -0.39 is 17.7 Å². The van der Waals surface area contributed by atoms with Gasteiger partial charge in [-0.25, -0.2) is 0 Å². The van der Waals surface area contributed by atoms with Gasteiger partial charge in [-0.3, -0.25) is 9.59 Å². The number of amides is 1. The zero-order valence-corrected chi connectivity index (χ0v) is 5.94. The molecule has 1 heterocycles. The van der Waals surface area contributed by atoms with Gasteiger partial charge in [0.15, 0.2) is 5.78 Å². The number of rotatable bonds is 1. The third-order valence-electron chi connectivity index (χ3n) is 1.22. The normalized spacial score (nSPS) is 23.2. The molecule has 0 fully saturated rings. The predicted molar refractivity (Wildman–Crippen MR) is 36.6 cm³/mol. The van der Waals surface area contributed by atoms with E-state index in [2.05, 4.69) is 10.2 Å². The largest absolute Gasteiger partial charge is 0.367 e. The first-order valence-corrected chi connectivity index (χ1v) is 3.03. The molecule has 2 N–H and O–H groups in total. The fourth-order valence-electron chi connectivity index (χ4n) is 0.717. The van der Waals surface area contributed by atoms with Crippen molar-refractivity contribution < 1.29 is 9.59 Å². The van der Waals surface area contributed by atoms with Crippen LogP contribution in [0.5, 0.6) is 0 Å². The Bertz CT molecular complexity index is 267. The lowest BCUT2D eigenvalue weighted by Crippen LogP contribution is -2.34. The van der Waals surface area contributed by atoms with Crippen molar-refractivity contribution in [3.63, 3.8) is 0 Å². The van der Waals surface area contributed by atoms with Crippen molar-refractivity contribution in [2.75, 3.05) is 0 Å². The van der Waals surface area contributed by atoms with Gasteiger partial charge in [0.25, 0.3) is 5.91 Å². The lowest BCUT2D eigenvalue weighted by molar-refractivity contribution is -0.126. The number of nitrogens with zero attached hydrogens (tertiary/aromatic N) is 2. The van der Waals surface area contributed by atoms with Gasteiger partial charge in [0.1, 0.15) is 0 Å². The molecule has 1 rings (SSSR count). The van der Waals surface area contributed by atoms with Crippen molar-refractivity contribution >= 4 is 11.7 Å². The molecule has 0 aromatic heterocycles. The fourth-order valence-corrected chi connectivity index (χ4v) is 0.717. The number of primary amides is 1. The van der Waals surface area contributed by atoms with Crippen LogP contribution in [0.3, 0.4) is 0 Å². The predicted octanol–water partition coefficient (Wildman–Crippen LogP) is -0.221. The first kappa shape index (κ1) is 7.59. The summed E-state index contributed by atoms with van der Waals surface area (Å²) >= 11 is 0. The van der Waals surface area contributed by atoms with E-state index in [1.165, 1.54) is 6.08 Å². The van der Waals surface area contributed by atoms with Crippen molar-refractivity contribution in [2.45, 2.75) is 13.0 Å². The molecule has 0 bridgehead atoms. The maximum atomic E-state index is 10.9. The van der Waals surface area contributed by atoms with Gasteiger partial charge in [0.2, 0.25) is 6.04 Å². The van der Waals surface area contributed by atoms with Gasteiger partial charge in [-0.15, -0.1) is 0 Å². The van der Waals surface area contributed by atoms with E-state index in [9.17, 15) is 9.59 Å². The highest BCUT2D eigenvalue weighted by Crippen LogP contribution is 2.08. The molecule has 58 valence electrons. The van der Waals surface area contributed by atoms with E-state index in [4.69, 9.17) is 5.73 Å². The highest BCUT2D eigenvalue weighted by Gasteiger charge is 2.24. The molecule has 0 aromatic rings. The van der Waals surface area contributed by atoms with E-state index in [-0.39, 0.29) is 0 Å². The van der Waals surface area contributed by atoms with Gasteiger partial charge in [0.05, 0.1) is 5.70 Å². The van der Waals surface area contributed by atoms with Crippen LogP contribution in [0.25, 0.3) is 0 Å². The van der Waals surface area contributed by atoms with Crippen molar-refractivity contribution in [1.82, 2.24) is 0 Å². The minimum Gasteiger partial charge on any atom is -0.367 e. The second-order valence-electron chi connectivity index (χ2n) is 2.21. The molecular formula is C6H7N3O2. The van der Waals surface area contributed by atoms with Crippen LogP contribution in [0.4, 0.5) is 0 Å². The van der Waals surface area contributed by atoms with Crippen LogP contribution in [0.15, 0.2) is 22.0 Å². The first-order valence-electron chi connectivity index (χ1n) is 3.03. The van der Waals surface area contributed by atoms with Crippen LogP contribution in [0, 0.1) is 0 Å². The monoisotopic (exact) mass is 153 g/mol. The molecule has 0 radical (unpaired) electrons. The van der Waals surface area contributed by atoms with E-state index in [1.807, 2.05) is 0 Å². The molecule has 0 aliphatic carbocycles. The molecule has 0 saturated heterocycles. The average molecular weight is 153 g/mol. The van der Waals surface area contributed by atoms with Gasteiger partial charge in [-0.05, 0) is 6.92 Å². The third kappa shape index (κ3) is 1.49. The van der Waals surface area contributed by atoms with Crippen LogP contribution in [-0.2, 0) is 9.59 Å². The molecule has 1 aliphatic heterocycles. The number of carbonyl (C=O) groups excluding carboxylic acids is 2. The van der Waals surface area contributed by atoms with Crippen LogP contribution in [0.2, 0.25) is 0 Å². The number of hydrogen-bond acceptors (Lipinski definition) is 4. The summed E-state index contributed by atoms with van der Waals surface area (Å²) in [4.78, 5) is 21.4. The Morgan fingerprint density at radius 1 is 1.73 bits per heavy atom. The molecule has 0 aromatic carbocycles. The summed E-state index contributed by atoms with van der Waals surface area (Å²) in [5.41, 5.74) is 5.35. The smallest absolute Gasteiger partial charge is 0.252 e. The van der Waals surface area contributed by atoms with Crippen LogP contribution in [-0.4, -0.2) is 17.7 Å². The molecule has 1 aliphatic rings. The lowest BCUT2D eigenvalue weighted by atomic mass is 10.1. The maximum Gasteiger partial charge on any atom is 0.252 e. The summed E-state index contributed by atoms with van der Waals surface area (Å²) in [6.45, 7) is 1.62. The Hall–Kier alpha value is -1.52. The number of ketones is 1. The van der Waals surface area contributed by atoms with Gasteiger partial charge in [-0.2, -0.15) is 10.2 Å². The van der Waals surface area contributed by atoms with E-state index in [0.717, 1.165) is 0 Å². The minimum absolute atomic E-state index is 0.398. The van der Waals surface area contributed by atoms with Gasteiger partial charge in [-0.1, -0.05) is 0 Å². The van der Waals surface area contributed by atoms with Gasteiger partial charge < -0.3 is 5.73 Å². The molecule has 11 heavy (non-hydrogen) atoms. The van der Waals surface area contributed by atoms with Crippen LogP contribution >= 0.6 is 0 Å². The van der Waals surface area contributed by atoms with Crippen LogP contribution < -0.4 is 5.73 Å². The molecule has 1 amide bonds. The average Bonchev–Trinajstić information content (AvgIpc) is 1.85. The first-order chi connectivity index (χ1) is 5.11. The summed E-state index contributed by atoms with van der Waals surface area (Å²) in [5.74, 6) is -1.16. The molecule has 1 unspecified atom stereocenters. The molecule has 0 saturated carbocycles.